The highest BCUT2D eigenvalue weighted by Crippen LogP contribution is 2.21. The van der Waals surface area contributed by atoms with Gasteiger partial charge in [-0.1, -0.05) is 12.1 Å². The molecule has 0 unspecified atom stereocenters. The summed E-state index contributed by atoms with van der Waals surface area (Å²) in [7, 11) is 1.44. The third kappa shape index (κ3) is 3.44. The monoisotopic (exact) mass is 371 g/mol. The summed E-state index contributed by atoms with van der Waals surface area (Å²) in [5, 5.41) is 2.65. The van der Waals surface area contributed by atoms with Crippen molar-refractivity contribution < 1.29 is 13.9 Å². The molecule has 0 aliphatic carbocycles. The molecule has 3 nitrogen and oxygen atoms in total. The van der Waals surface area contributed by atoms with Crippen LogP contribution >= 0.6 is 22.6 Å². The molecule has 0 fully saturated rings. The van der Waals surface area contributed by atoms with Crippen molar-refractivity contribution in [3.8, 4) is 5.75 Å². The quantitative estimate of drug-likeness (QED) is 0.836. The van der Waals surface area contributed by atoms with Gasteiger partial charge in [-0.2, -0.15) is 0 Å². The largest absolute Gasteiger partial charge is 0.497 e. The molecule has 0 aromatic heterocycles. The number of ether oxygens (including phenoxy) is 1. The Kier molecular flexibility index (Phi) is 4.36. The predicted molar refractivity (Wildman–Crippen MR) is 80.1 cm³/mol. The van der Waals surface area contributed by atoms with E-state index in [1.54, 1.807) is 18.2 Å². The number of carbonyl (C=O) groups is 1. The second kappa shape index (κ2) is 6.01. The van der Waals surface area contributed by atoms with Crippen molar-refractivity contribution in [2.75, 3.05) is 12.4 Å². The molecule has 1 amide bonds. The van der Waals surface area contributed by atoms with E-state index in [1.165, 1.54) is 19.2 Å². The lowest BCUT2D eigenvalue weighted by Crippen LogP contribution is -2.13. The van der Waals surface area contributed by atoms with Gasteiger partial charge in [0.2, 0.25) is 0 Å². The number of anilines is 1. The molecule has 2 rings (SSSR count). The van der Waals surface area contributed by atoms with Crippen LogP contribution in [-0.4, -0.2) is 13.0 Å². The maximum absolute atomic E-state index is 13.3. The van der Waals surface area contributed by atoms with Gasteiger partial charge in [0, 0.05) is 21.4 Å². The van der Waals surface area contributed by atoms with Crippen LogP contribution in [0, 0.1) is 9.39 Å². The van der Waals surface area contributed by atoms with E-state index in [0.717, 1.165) is 3.57 Å². The van der Waals surface area contributed by atoms with E-state index >= 15 is 0 Å². The number of benzene rings is 2. The molecule has 0 aliphatic rings. The van der Waals surface area contributed by atoms with Crippen molar-refractivity contribution in [2.24, 2.45) is 0 Å². The maximum atomic E-state index is 13.3. The third-order valence-corrected chi connectivity index (χ3v) is 3.42. The van der Waals surface area contributed by atoms with Gasteiger partial charge in [-0.15, -0.1) is 0 Å². The number of amides is 1. The van der Waals surface area contributed by atoms with Crippen LogP contribution < -0.4 is 10.1 Å². The molecule has 0 atom stereocenters. The van der Waals surface area contributed by atoms with E-state index in [4.69, 9.17) is 4.74 Å². The minimum absolute atomic E-state index is 0.280. The van der Waals surface area contributed by atoms with Crippen molar-refractivity contribution >= 4 is 34.2 Å². The number of carbonyl (C=O) groups excluding carboxylic acids is 1. The first-order chi connectivity index (χ1) is 9.10. The van der Waals surface area contributed by atoms with Crippen LogP contribution in [0.25, 0.3) is 0 Å². The number of hydrogen-bond donors (Lipinski definition) is 1. The molecular weight excluding hydrogens is 360 g/mol. The number of nitrogens with one attached hydrogen (secondary N) is 1. The van der Waals surface area contributed by atoms with Crippen molar-refractivity contribution in [1.29, 1.82) is 0 Å². The average molecular weight is 371 g/mol. The van der Waals surface area contributed by atoms with Crippen LogP contribution in [-0.2, 0) is 0 Å². The lowest BCUT2D eigenvalue weighted by molar-refractivity contribution is 0.102. The van der Waals surface area contributed by atoms with E-state index < -0.39 is 5.82 Å². The van der Waals surface area contributed by atoms with Crippen LogP contribution in [0.2, 0.25) is 0 Å². The van der Waals surface area contributed by atoms with E-state index in [0.29, 0.717) is 17.0 Å². The van der Waals surface area contributed by atoms with Gasteiger partial charge in [-0.25, -0.2) is 4.39 Å². The summed E-state index contributed by atoms with van der Waals surface area (Å²) >= 11 is 2.08. The predicted octanol–water partition coefficient (Wildman–Crippen LogP) is 3.69. The van der Waals surface area contributed by atoms with Gasteiger partial charge in [-0.05, 0) is 40.8 Å². The molecule has 19 heavy (non-hydrogen) atoms. The van der Waals surface area contributed by atoms with Crippen molar-refractivity contribution in [3.05, 3.63) is 57.4 Å². The van der Waals surface area contributed by atoms with Gasteiger partial charge in [-0.3, -0.25) is 4.79 Å². The highest BCUT2D eigenvalue weighted by molar-refractivity contribution is 14.1. The molecule has 2 aromatic carbocycles. The zero-order valence-corrected chi connectivity index (χ0v) is 12.3. The van der Waals surface area contributed by atoms with Gasteiger partial charge in [0.15, 0.2) is 0 Å². The fraction of sp³-hybridized carbons (Fsp3) is 0.0714. The number of hydrogen-bond acceptors (Lipinski definition) is 2. The summed E-state index contributed by atoms with van der Waals surface area (Å²) in [6.07, 6.45) is 0. The van der Waals surface area contributed by atoms with Gasteiger partial charge in [0.05, 0.1) is 12.7 Å². The second-order valence-corrected chi connectivity index (χ2v) is 4.98. The fourth-order valence-corrected chi connectivity index (χ4v) is 2.23. The Morgan fingerprint density at radius 2 is 2.00 bits per heavy atom. The van der Waals surface area contributed by atoms with Gasteiger partial charge < -0.3 is 10.1 Å². The lowest BCUT2D eigenvalue weighted by atomic mass is 10.2. The van der Waals surface area contributed by atoms with Crippen molar-refractivity contribution in [1.82, 2.24) is 0 Å². The smallest absolute Gasteiger partial charge is 0.256 e. The van der Waals surface area contributed by atoms with Gasteiger partial charge >= 0.3 is 0 Å². The Bertz CT molecular complexity index is 616. The third-order valence-electron chi connectivity index (χ3n) is 2.48. The second-order valence-electron chi connectivity index (χ2n) is 3.81. The summed E-state index contributed by atoms with van der Waals surface area (Å²) in [5.74, 6) is -0.381. The molecule has 0 saturated carbocycles. The fourth-order valence-electron chi connectivity index (χ4n) is 1.60. The average Bonchev–Trinajstić information content (AvgIpc) is 2.38. The van der Waals surface area contributed by atoms with Crippen LogP contribution in [0.3, 0.4) is 0 Å². The van der Waals surface area contributed by atoms with Gasteiger partial charge in [0.1, 0.15) is 11.6 Å². The zero-order chi connectivity index (χ0) is 13.8. The van der Waals surface area contributed by atoms with E-state index in [2.05, 4.69) is 27.9 Å². The highest BCUT2D eigenvalue weighted by Gasteiger charge is 2.10. The van der Waals surface area contributed by atoms with E-state index in [1.807, 2.05) is 12.1 Å². The number of methoxy groups -OCH3 is 1. The summed E-state index contributed by atoms with van der Waals surface area (Å²) in [5.41, 5.74) is 0.910. The van der Waals surface area contributed by atoms with Crippen molar-refractivity contribution in [2.45, 2.75) is 0 Å². The minimum atomic E-state index is -0.461. The molecule has 2 aromatic rings. The highest BCUT2D eigenvalue weighted by atomic mass is 127. The summed E-state index contributed by atoms with van der Waals surface area (Å²) < 4.78 is 19.1. The summed E-state index contributed by atoms with van der Waals surface area (Å²) in [6, 6.07) is 11.2. The first-order valence-corrected chi connectivity index (χ1v) is 6.58. The Balaban J connectivity index is 2.24. The number of halogens is 2. The van der Waals surface area contributed by atoms with Crippen molar-refractivity contribution in [3.63, 3.8) is 0 Å². The summed E-state index contributed by atoms with van der Waals surface area (Å²) in [6.45, 7) is 0. The van der Waals surface area contributed by atoms with E-state index in [-0.39, 0.29) is 5.91 Å². The molecular formula is C14H11FINO2. The molecule has 5 heteroatoms. The molecule has 1 N–H and O–H groups in total. The molecule has 0 saturated heterocycles. The van der Waals surface area contributed by atoms with Crippen LogP contribution in [0.4, 0.5) is 10.1 Å². The Morgan fingerprint density at radius 3 is 2.68 bits per heavy atom. The normalized spacial score (nSPS) is 10.1. The zero-order valence-electron chi connectivity index (χ0n) is 10.1. The molecule has 0 radical (unpaired) electrons. The Hall–Kier alpha value is -1.63. The minimum Gasteiger partial charge on any atom is -0.497 e. The Labute approximate surface area is 123 Å². The molecule has 98 valence electrons. The molecule has 0 spiro atoms. The molecule has 0 bridgehead atoms. The first-order valence-electron chi connectivity index (χ1n) is 5.50. The van der Waals surface area contributed by atoms with Crippen LogP contribution in [0.15, 0.2) is 42.5 Å². The van der Waals surface area contributed by atoms with Crippen LogP contribution in [0.1, 0.15) is 10.4 Å². The van der Waals surface area contributed by atoms with Gasteiger partial charge in [0.25, 0.3) is 5.91 Å². The maximum Gasteiger partial charge on any atom is 0.256 e. The summed E-state index contributed by atoms with van der Waals surface area (Å²) in [4.78, 5) is 12.1. The molecule has 0 heterocycles. The first kappa shape index (κ1) is 13.8. The Morgan fingerprint density at radius 1 is 1.26 bits per heavy atom. The topological polar surface area (TPSA) is 38.3 Å². The number of rotatable bonds is 3. The van der Waals surface area contributed by atoms with Crippen LogP contribution in [0.5, 0.6) is 5.75 Å². The molecule has 0 aliphatic heterocycles. The standard InChI is InChI=1S/C14H11FINO2/c1-19-11-7-9(15)6-10(8-11)17-14(18)12-4-2-3-5-13(12)16/h2-8H,1H3,(H,17,18). The van der Waals surface area contributed by atoms with E-state index in [9.17, 15) is 9.18 Å². The lowest BCUT2D eigenvalue weighted by Gasteiger charge is -2.08. The SMILES string of the molecule is COc1cc(F)cc(NC(=O)c2ccccc2I)c1.